The molecular weight excluding hydrogens is 600 g/mol. The van der Waals surface area contributed by atoms with Gasteiger partial charge in [-0.3, -0.25) is 14.4 Å². The molecule has 46 heavy (non-hydrogen) atoms. The first-order valence-electron chi connectivity index (χ1n) is 15.6. The first kappa shape index (κ1) is 32.7. The topological polar surface area (TPSA) is 116 Å². The van der Waals surface area contributed by atoms with Crippen LogP contribution in [0.5, 0.6) is 5.75 Å². The monoisotopic (exact) mass is 638 g/mol. The van der Waals surface area contributed by atoms with Crippen molar-refractivity contribution in [2.45, 2.75) is 38.3 Å². The third-order valence-corrected chi connectivity index (χ3v) is 8.79. The van der Waals surface area contributed by atoms with E-state index >= 15 is 0 Å². The quantitative estimate of drug-likeness (QED) is 0.202. The van der Waals surface area contributed by atoms with Gasteiger partial charge in [-0.05, 0) is 78.4 Å². The van der Waals surface area contributed by atoms with Crippen LogP contribution in [0.1, 0.15) is 57.7 Å². The molecule has 0 spiro atoms. The van der Waals surface area contributed by atoms with Gasteiger partial charge in [-0.25, -0.2) is 0 Å². The van der Waals surface area contributed by atoms with Crippen LogP contribution < -0.4 is 11.1 Å². The summed E-state index contributed by atoms with van der Waals surface area (Å²) in [6, 6.07) is 28.9. The van der Waals surface area contributed by atoms with Crippen LogP contribution in [0.3, 0.4) is 0 Å². The van der Waals surface area contributed by atoms with E-state index < -0.39 is 0 Å². The number of aromatic hydroxyl groups is 1. The van der Waals surface area contributed by atoms with Gasteiger partial charge in [0, 0.05) is 42.8 Å². The molecule has 4 N–H and O–H groups in total. The highest BCUT2D eigenvalue weighted by Gasteiger charge is 2.34. The molecule has 1 fully saturated rings. The lowest BCUT2D eigenvalue weighted by Crippen LogP contribution is -2.50. The molecule has 0 aliphatic carbocycles. The van der Waals surface area contributed by atoms with Crippen molar-refractivity contribution >= 4 is 29.3 Å². The normalized spacial score (nSPS) is 14.0. The zero-order valence-corrected chi connectivity index (χ0v) is 26.6. The number of halogens is 1. The molecule has 8 nitrogen and oxygen atoms in total. The van der Waals surface area contributed by atoms with Gasteiger partial charge in [0.2, 0.25) is 5.91 Å². The summed E-state index contributed by atoms with van der Waals surface area (Å²) in [4.78, 5) is 43.9. The Morgan fingerprint density at radius 1 is 0.935 bits per heavy atom. The summed E-state index contributed by atoms with van der Waals surface area (Å²) in [6.07, 6.45) is 1.40. The maximum absolute atomic E-state index is 14.1. The van der Waals surface area contributed by atoms with Crippen molar-refractivity contribution in [2.75, 3.05) is 26.2 Å². The van der Waals surface area contributed by atoms with E-state index in [9.17, 15) is 19.5 Å². The zero-order chi connectivity index (χ0) is 32.6. The number of para-hydroxylation sites is 1. The lowest BCUT2D eigenvalue weighted by Gasteiger charge is -2.42. The molecule has 0 bridgehead atoms. The van der Waals surface area contributed by atoms with Crippen LogP contribution in [0.15, 0.2) is 97.1 Å². The number of rotatable bonds is 10. The molecule has 4 aromatic carbocycles. The number of nitrogens with zero attached hydrogens (tertiary/aromatic N) is 2. The van der Waals surface area contributed by atoms with Crippen molar-refractivity contribution in [3.8, 4) is 16.9 Å². The number of piperidine rings is 1. The summed E-state index contributed by atoms with van der Waals surface area (Å²) in [6.45, 7) is 3.67. The van der Waals surface area contributed by atoms with E-state index in [-0.39, 0.29) is 47.5 Å². The molecule has 4 aromatic rings. The minimum atomic E-state index is -0.289. The minimum absolute atomic E-state index is 0.0210. The number of amides is 3. The van der Waals surface area contributed by atoms with E-state index in [0.29, 0.717) is 49.6 Å². The number of hydrogen-bond donors (Lipinski definition) is 3. The van der Waals surface area contributed by atoms with E-state index in [4.69, 9.17) is 17.3 Å². The fraction of sp³-hybridized carbons (Fsp3) is 0.270. The van der Waals surface area contributed by atoms with Crippen LogP contribution in [-0.2, 0) is 11.2 Å². The molecular formula is C37H39ClN4O4. The maximum Gasteiger partial charge on any atom is 0.257 e. The second kappa shape index (κ2) is 15.1. The first-order chi connectivity index (χ1) is 22.3. The molecule has 238 valence electrons. The van der Waals surface area contributed by atoms with E-state index in [0.717, 1.165) is 22.3 Å². The van der Waals surface area contributed by atoms with Crippen LogP contribution in [0.2, 0.25) is 5.02 Å². The highest BCUT2D eigenvalue weighted by atomic mass is 35.5. The Morgan fingerprint density at radius 2 is 1.61 bits per heavy atom. The van der Waals surface area contributed by atoms with Gasteiger partial charge < -0.3 is 26.0 Å². The summed E-state index contributed by atoms with van der Waals surface area (Å²) in [5.41, 5.74) is 9.90. The number of likely N-dealkylation sites (tertiary alicyclic amines) is 1. The molecule has 1 atom stereocenters. The van der Waals surface area contributed by atoms with Crippen molar-refractivity contribution in [1.29, 1.82) is 0 Å². The number of carbonyl (C=O) groups is 3. The van der Waals surface area contributed by atoms with Gasteiger partial charge >= 0.3 is 0 Å². The van der Waals surface area contributed by atoms with Crippen molar-refractivity contribution < 1.29 is 19.5 Å². The predicted molar refractivity (Wildman–Crippen MR) is 181 cm³/mol. The summed E-state index contributed by atoms with van der Waals surface area (Å²) in [5.74, 6) is -0.469. The average Bonchev–Trinajstić information content (AvgIpc) is 3.08. The minimum Gasteiger partial charge on any atom is -0.507 e. The van der Waals surface area contributed by atoms with Gasteiger partial charge in [0.1, 0.15) is 5.75 Å². The Kier molecular flexibility index (Phi) is 10.7. The number of hydrogen-bond acceptors (Lipinski definition) is 5. The lowest BCUT2D eigenvalue weighted by molar-refractivity contribution is -0.136. The fourth-order valence-corrected chi connectivity index (χ4v) is 6.24. The summed E-state index contributed by atoms with van der Waals surface area (Å²) >= 11 is 6.10. The van der Waals surface area contributed by atoms with E-state index in [1.165, 1.54) is 6.07 Å². The molecule has 9 heteroatoms. The highest BCUT2D eigenvalue weighted by Crippen LogP contribution is 2.33. The molecule has 1 heterocycles. The number of carbonyl (C=O) groups excluding carboxylic acids is 3. The summed E-state index contributed by atoms with van der Waals surface area (Å²) in [7, 11) is 0. The molecule has 1 saturated heterocycles. The summed E-state index contributed by atoms with van der Waals surface area (Å²) in [5, 5.41) is 13.7. The number of benzene rings is 4. The Bertz CT molecular complexity index is 1690. The number of nitrogens with two attached hydrogens (primary N) is 1. The molecule has 1 aliphatic rings. The van der Waals surface area contributed by atoms with Crippen LogP contribution >= 0.6 is 11.6 Å². The van der Waals surface area contributed by atoms with Crippen molar-refractivity contribution in [1.82, 2.24) is 15.1 Å². The Hall–Kier alpha value is -4.66. The van der Waals surface area contributed by atoms with Gasteiger partial charge in [0.05, 0.1) is 18.0 Å². The maximum atomic E-state index is 14.1. The Morgan fingerprint density at radius 3 is 2.30 bits per heavy atom. The molecule has 0 saturated carbocycles. The van der Waals surface area contributed by atoms with Crippen LogP contribution in [0, 0.1) is 0 Å². The lowest BCUT2D eigenvalue weighted by atomic mass is 9.93. The second-order valence-corrected chi connectivity index (χ2v) is 12.0. The Balaban J connectivity index is 1.41. The van der Waals surface area contributed by atoms with Crippen molar-refractivity contribution in [3.63, 3.8) is 0 Å². The standard InChI is InChI=1S/C37H39ClN4O4/c1-25(27-7-6-8-28(24-27)31-9-2-3-10-32(31)36(45)40-20-19-39)42(35(44)23-26-13-15-29(38)16-14-26)30-17-21-41(22-18-30)37(46)33-11-4-5-12-34(33)43/h2-16,24-25,30,43H,17-23,39H2,1H3,(H,40,45). The number of nitrogens with one attached hydrogen (secondary N) is 1. The molecule has 0 aromatic heterocycles. The van der Waals surface area contributed by atoms with Crippen LogP contribution in [-0.4, -0.2) is 64.8 Å². The average molecular weight is 639 g/mol. The van der Waals surface area contributed by atoms with Gasteiger partial charge in [0.15, 0.2) is 0 Å². The highest BCUT2D eigenvalue weighted by molar-refractivity contribution is 6.30. The fourth-order valence-electron chi connectivity index (χ4n) is 6.12. The van der Waals surface area contributed by atoms with Gasteiger partial charge in [-0.1, -0.05) is 72.3 Å². The van der Waals surface area contributed by atoms with E-state index in [1.54, 1.807) is 41.3 Å². The van der Waals surface area contributed by atoms with Crippen LogP contribution in [0.25, 0.3) is 11.1 Å². The summed E-state index contributed by atoms with van der Waals surface area (Å²) < 4.78 is 0. The largest absolute Gasteiger partial charge is 0.507 e. The molecule has 0 radical (unpaired) electrons. The van der Waals surface area contributed by atoms with Gasteiger partial charge in [-0.15, -0.1) is 0 Å². The molecule has 1 unspecified atom stereocenters. The molecule has 5 rings (SSSR count). The third kappa shape index (κ3) is 7.58. The van der Waals surface area contributed by atoms with Crippen molar-refractivity contribution in [3.05, 3.63) is 124 Å². The predicted octanol–water partition coefficient (Wildman–Crippen LogP) is 5.84. The first-order valence-corrected chi connectivity index (χ1v) is 15.9. The smallest absolute Gasteiger partial charge is 0.257 e. The second-order valence-electron chi connectivity index (χ2n) is 11.5. The number of phenolic OH excluding ortho intramolecular Hbond substituents is 1. The third-order valence-electron chi connectivity index (χ3n) is 8.54. The van der Waals surface area contributed by atoms with E-state index in [2.05, 4.69) is 5.32 Å². The number of phenols is 1. The molecule has 3 amide bonds. The van der Waals surface area contributed by atoms with Gasteiger partial charge in [-0.2, -0.15) is 0 Å². The zero-order valence-electron chi connectivity index (χ0n) is 25.9. The van der Waals surface area contributed by atoms with Gasteiger partial charge in [0.25, 0.3) is 11.8 Å². The molecule has 1 aliphatic heterocycles. The van der Waals surface area contributed by atoms with E-state index in [1.807, 2.05) is 66.4 Å². The van der Waals surface area contributed by atoms with Crippen molar-refractivity contribution in [2.24, 2.45) is 5.73 Å². The SMILES string of the molecule is CC(c1cccc(-c2ccccc2C(=O)NCCN)c1)N(C(=O)Cc1ccc(Cl)cc1)C1CCN(C(=O)c2ccccc2O)CC1. The van der Waals surface area contributed by atoms with Crippen LogP contribution in [0.4, 0.5) is 0 Å². The Labute approximate surface area is 274 Å².